The van der Waals surface area contributed by atoms with Crippen molar-refractivity contribution in [2.24, 2.45) is 0 Å². The first-order valence-corrected chi connectivity index (χ1v) is 14.8. The molecule has 0 fully saturated rings. The fraction of sp³-hybridized carbons (Fsp3) is 0.360. The lowest BCUT2D eigenvalue weighted by Gasteiger charge is -2.21. The van der Waals surface area contributed by atoms with E-state index in [-0.39, 0.29) is 6.10 Å². The second kappa shape index (κ2) is 10.3. The second-order valence-electron chi connectivity index (χ2n) is 9.17. The van der Waals surface area contributed by atoms with Crippen molar-refractivity contribution in [3.63, 3.8) is 0 Å². The summed E-state index contributed by atoms with van der Waals surface area (Å²) in [5.74, 6) is 1.70. The Bertz CT molecular complexity index is 1430. The van der Waals surface area contributed by atoms with Crippen molar-refractivity contribution in [2.45, 2.75) is 25.9 Å². The highest BCUT2D eigenvalue weighted by Crippen LogP contribution is 2.42. The molecule has 0 radical (unpaired) electrons. The Kier molecular flexibility index (Phi) is 7.15. The van der Waals surface area contributed by atoms with Gasteiger partial charge in [-0.2, -0.15) is 4.98 Å². The Morgan fingerprint density at radius 2 is 1.95 bits per heavy atom. The molecule has 0 saturated carbocycles. The first-order chi connectivity index (χ1) is 17.7. The van der Waals surface area contributed by atoms with E-state index in [2.05, 4.69) is 54.1 Å². The van der Waals surface area contributed by atoms with Crippen LogP contribution in [0.25, 0.3) is 0 Å². The largest absolute Gasteiger partial charge is 0.488 e. The number of ether oxygens (including phenoxy) is 1. The summed E-state index contributed by atoms with van der Waals surface area (Å²) in [4.78, 5) is 9.11. The third kappa shape index (κ3) is 5.32. The maximum atomic E-state index is 12.4. The number of nitrogens with zero attached hydrogens (tertiary/aromatic N) is 3. The number of para-hydroxylation sites is 1. The standard InChI is InChI=1S/C25H30BrN7O3S/c1-15-13-17-19(28-11-10-27-2)7-8-21(23(17)36-15)31-25-29-14-18(26)24(32-25)30-20-6-4-5-16-9-12-33(22(16)20)37(3,34)35/h4-8,14-15,27-28H,9-13H2,1-3H3,(H2,29,30,31,32). The molecule has 2 aliphatic rings. The van der Waals surface area contributed by atoms with Crippen LogP contribution in [-0.2, 0) is 22.9 Å². The molecule has 0 saturated heterocycles. The molecule has 5 rings (SSSR count). The number of nitrogens with one attached hydrogen (secondary N) is 4. The summed E-state index contributed by atoms with van der Waals surface area (Å²) >= 11 is 3.52. The van der Waals surface area contributed by atoms with Gasteiger partial charge < -0.3 is 26.0 Å². The van der Waals surface area contributed by atoms with Crippen molar-refractivity contribution in [3.05, 3.63) is 52.1 Å². The van der Waals surface area contributed by atoms with Gasteiger partial charge in [0, 0.05) is 43.5 Å². The van der Waals surface area contributed by atoms with Crippen LogP contribution in [-0.4, -0.2) is 57.4 Å². The van der Waals surface area contributed by atoms with Gasteiger partial charge in [-0.05, 0) is 60.1 Å². The number of fused-ring (bicyclic) bond motifs is 2. The molecule has 2 aromatic carbocycles. The van der Waals surface area contributed by atoms with E-state index in [0.29, 0.717) is 40.6 Å². The Morgan fingerprint density at radius 1 is 1.14 bits per heavy atom. The highest BCUT2D eigenvalue weighted by molar-refractivity contribution is 9.10. The van der Waals surface area contributed by atoms with Crippen LogP contribution in [0.2, 0.25) is 0 Å². The normalized spacial score (nSPS) is 16.2. The monoisotopic (exact) mass is 587 g/mol. The minimum absolute atomic E-state index is 0.0730. The van der Waals surface area contributed by atoms with Crippen LogP contribution in [0.15, 0.2) is 41.0 Å². The minimum Gasteiger partial charge on any atom is -0.488 e. The van der Waals surface area contributed by atoms with Gasteiger partial charge >= 0.3 is 0 Å². The molecule has 0 aliphatic carbocycles. The summed E-state index contributed by atoms with van der Waals surface area (Å²) in [6.45, 7) is 4.15. The fourth-order valence-electron chi connectivity index (χ4n) is 4.70. The van der Waals surface area contributed by atoms with Crippen LogP contribution in [0.5, 0.6) is 5.75 Å². The molecule has 2 aliphatic heterocycles. The molecule has 10 nitrogen and oxygen atoms in total. The predicted octanol–water partition coefficient (Wildman–Crippen LogP) is 4.00. The van der Waals surface area contributed by atoms with E-state index in [1.165, 1.54) is 10.6 Å². The average Bonchev–Trinajstić information content (AvgIpc) is 3.47. The van der Waals surface area contributed by atoms with E-state index in [1.54, 1.807) is 6.20 Å². The third-order valence-corrected chi connectivity index (χ3v) is 8.10. The molecular weight excluding hydrogens is 558 g/mol. The first kappa shape index (κ1) is 25.6. The molecular formula is C25H30BrN7O3S. The van der Waals surface area contributed by atoms with Crippen molar-refractivity contribution in [2.75, 3.05) is 53.2 Å². The van der Waals surface area contributed by atoms with Gasteiger partial charge in [0.05, 0.1) is 27.8 Å². The number of sulfonamides is 1. The van der Waals surface area contributed by atoms with Crippen molar-refractivity contribution >= 4 is 60.5 Å². The van der Waals surface area contributed by atoms with Gasteiger partial charge in [-0.3, -0.25) is 4.31 Å². The molecule has 0 spiro atoms. The molecule has 196 valence electrons. The van der Waals surface area contributed by atoms with E-state index in [9.17, 15) is 8.42 Å². The van der Waals surface area contributed by atoms with Gasteiger partial charge in [-0.25, -0.2) is 13.4 Å². The van der Waals surface area contributed by atoms with E-state index in [1.807, 2.05) is 37.4 Å². The minimum atomic E-state index is -3.40. The molecule has 12 heteroatoms. The summed E-state index contributed by atoms with van der Waals surface area (Å²) in [6.07, 6.45) is 4.44. The van der Waals surface area contributed by atoms with Crippen LogP contribution in [0.4, 0.5) is 34.5 Å². The fourth-order valence-corrected chi connectivity index (χ4v) is 5.96. The number of hydrogen-bond acceptors (Lipinski definition) is 9. The number of aromatic nitrogens is 2. The average molecular weight is 589 g/mol. The lowest BCUT2D eigenvalue weighted by atomic mass is 10.1. The Hall–Kier alpha value is -3.09. The predicted molar refractivity (Wildman–Crippen MR) is 151 cm³/mol. The number of anilines is 6. The lowest BCUT2D eigenvalue weighted by molar-refractivity contribution is 0.256. The van der Waals surface area contributed by atoms with E-state index in [0.717, 1.165) is 47.8 Å². The van der Waals surface area contributed by atoms with Crippen LogP contribution < -0.4 is 30.3 Å². The van der Waals surface area contributed by atoms with Gasteiger partial charge in [-0.15, -0.1) is 0 Å². The molecule has 1 atom stereocenters. The summed E-state index contributed by atoms with van der Waals surface area (Å²) in [7, 11) is -1.47. The van der Waals surface area contributed by atoms with Crippen LogP contribution in [0.3, 0.4) is 0 Å². The Balaban J connectivity index is 1.42. The van der Waals surface area contributed by atoms with Crippen molar-refractivity contribution in [1.82, 2.24) is 15.3 Å². The topological polar surface area (TPSA) is 121 Å². The number of halogens is 1. The number of likely N-dealkylation sites (N-methyl/N-ethyl adjacent to an activating group) is 1. The quantitative estimate of drug-likeness (QED) is 0.275. The van der Waals surface area contributed by atoms with Crippen LogP contribution >= 0.6 is 15.9 Å². The van der Waals surface area contributed by atoms with Crippen LogP contribution in [0, 0.1) is 0 Å². The van der Waals surface area contributed by atoms with Crippen molar-refractivity contribution in [3.8, 4) is 5.75 Å². The molecule has 0 amide bonds. The molecule has 37 heavy (non-hydrogen) atoms. The zero-order valence-corrected chi connectivity index (χ0v) is 23.3. The molecule has 1 aromatic heterocycles. The maximum absolute atomic E-state index is 12.4. The highest BCUT2D eigenvalue weighted by atomic mass is 79.9. The highest BCUT2D eigenvalue weighted by Gasteiger charge is 2.29. The summed E-state index contributed by atoms with van der Waals surface area (Å²) < 4.78 is 33.0. The van der Waals surface area contributed by atoms with Gasteiger partial charge in [0.25, 0.3) is 0 Å². The smallest absolute Gasteiger partial charge is 0.232 e. The zero-order valence-electron chi connectivity index (χ0n) is 20.9. The molecule has 1 unspecified atom stereocenters. The molecule has 0 bridgehead atoms. The molecule has 3 aromatic rings. The molecule has 4 N–H and O–H groups in total. The lowest BCUT2D eigenvalue weighted by Crippen LogP contribution is -2.28. The van der Waals surface area contributed by atoms with Crippen molar-refractivity contribution in [1.29, 1.82) is 0 Å². The molecule has 3 heterocycles. The van der Waals surface area contributed by atoms with E-state index in [4.69, 9.17) is 4.74 Å². The third-order valence-electron chi connectivity index (χ3n) is 6.36. The second-order valence-corrected chi connectivity index (χ2v) is 11.9. The number of rotatable bonds is 9. The Labute approximate surface area is 225 Å². The van der Waals surface area contributed by atoms with Crippen molar-refractivity contribution < 1.29 is 13.2 Å². The SMILES string of the molecule is CNCCNc1ccc(Nc2ncc(Br)c(Nc3cccc4c3N(S(C)(=O)=O)CC4)n2)c2c1CC(C)O2. The zero-order chi connectivity index (χ0) is 26.2. The van der Waals surface area contributed by atoms with Gasteiger partial charge in [0.15, 0.2) is 0 Å². The van der Waals surface area contributed by atoms with Gasteiger partial charge in [-0.1, -0.05) is 12.1 Å². The van der Waals surface area contributed by atoms with Gasteiger partial charge in [0.2, 0.25) is 16.0 Å². The first-order valence-electron chi connectivity index (χ1n) is 12.1. The van der Waals surface area contributed by atoms with Gasteiger partial charge in [0.1, 0.15) is 17.7 Å². The summed E-state index contributed by atoms with van der Waals surface area (Å²) in [6, 6.07) is 9.72. The number of benzene rings is 2. The van der Waals surface area contributed by atoms with E-state index < -0.39 is 10.0 Å². The van der Waals surface area contributed by atoms with Crippen LogP contribution in [0.1, 0.15) is 18.1 Å². The summed E-state index contributed by atoms with van der Waals surface area (Å²) in [5, 5.41) is 13.2. The Morgan fingerprint density at radius 3 is 2.73 bits per heavy atom. The number of hydrogen-bond donors (Lipinski definition) is 4. The summed E-state index contributed by atoms with van der Waals surface area (Å²) in [5.41, 5.74) is 5.28. The maximum Gasteiger partial charge on any atom is 0.232 e. The van der Waals surface area contributed by atoms with E-state index >= 15 is 0 Å².